The van der Waals surface area contributed by atoms with Gasteiger partial charge in [-0.3, -0.25) is 4.79 Å². The van der Waals surface area contributed by atoms with E-state index in [1.54, 1.807) is 0 Å². The van der Waals surface area contributed by atoms with Gasteiger partial charge in [-0.2, -0.15) is 0 Å². The average molecular weight is 309 g/mol. The molecule has 0 unspecified atom stereocenters. The van der Waals surface area contributed by atoms with E-state index in [9.17, 15) is 4.79 Å². The maximum Gasteiger partial charge on any atom is 0.309 e. The van der Waals surface area contributed by atoms with Gasteiger partial charge in [0.25, 0.3) is 0 Å². The number of allylic oxidation sites excluding steroid dienone is 4. The molecule has 0 rings (SSSR count). The molecular weight excluding hydrogens is 272 g/mol. The number of unbranched alkanes of at least 4 members (excludes halogenated alkanes) is 7. The van der Waals surface area contributed by atoms with E-state index in [-0.39, 0.29) is 0 Å². The Morgan fingerprint density at radius 3 is 1.95 bits per heavy atom. The van der Waals surface area contributed by atoms with Crippen LogP contribution in [-0.4, -0.2) is 11.1 Å². The SMILES string of the molecule is CCCCC/C=C\C/C=C\CCCCCCC(C)(C)C(=O)O. The number of carboxylic acids is 1. The molecule has 0 fully saturated rings. The molecule has 128 valence electrons. The third-order valence-electron chi connectivity index (χ3n) is 4.08. The zero-order valence-corrected chi connectivity index (χ0v) is 14.9. The highest BCUT2D eigenvalue weighted by Crippen LogP contribution is 2.24. The smallest absolute Gasteiger partial charge is 0.309 e. The normalized spacial score (nSPS) is 12.5. The first-order valence-electron chi connectivity index (χ1n) is 9.04. The van der Waals surface area contributed by atoms with Gasteiger partial charge in [-0.1, -0.05) is 63.3 Å². The molecule has 0 bridgehead atoms. The van der Waals surface area contributed by atoms with Crippen molar-refractivity contribution in [3.8, 4) is 0 Å². The van der Waals surface area contributed by atoms with Crippen LogP contribution in [0.3, 0.4) is 0 Å². The highest BCUT2D eigenvalue weighted by atomic mass is 16.4. The second kappa shape index (κ2) is 13.6. The molecular formula is C20H36O2. The lowest BCUT2D eigenvalue weighted by atomic mass is 9.87. The van der Waals surface area contributed by atoms with Crippen molar-refractivity contribution in [2.24, 2.45) is 5.41 Å². The van der Waals surface area contributed by atoms with Gasteiger partial charge in [-0.05, 0) is 52.4 Å². The van der Waals surface area contributed by atoms with Crippen LogP contribution in [0.1, 0.15) is 91.4 Å². The van der Waals surface area contributed by atoms with Crippen LogP contribution in [-0.2, 0) is 4.79 Å². The van der Waals surface area contributed by atoms with Gasteiger partial charge < -0.3 is 5.11 Å². The van der Waals surface area contributed by atoms with E-state index in [1.807, 2.05) is 13.8 Å². The molecule has 0 radical (unpaired) electrons. The van der Waals surface area contributed by atoms with Crippen molar-refractivity contribution in [3.63, 3.8) is 0 Å². The average Bonchev–Trinajstić information content (AvgIpc) is 2.47. The van der Waals surface area contributed by atoms with Gasteiger partial charge in [0.05, 0.1) is 5.41 Å². The van der Waals surface area contributed by atoms with Crippen LogP contribution < -0.4 is 0 Å². The molecule has 2 nitrogen and oxygen atoms in total. The van der Waals surface area contributed by atoms with Crippen molar-refractivity contribution in [2.45, 2.75) is 91.4 Å². The summed E-state index contributed by atoms with van der Waals surface area (Å²) in [7, 11) is 0. The molecule has 0 amide bonds. The predicted octanol–water partition coefficient (Wildman–Crippen LogP) is 6.52. The number of carboxylic acid groups (broad SMARTS) is 1. The van der Waals surface area contributed by atoms with Crippen LogP contribution in [0.5, 0.6) is 0 Å². The minimum atomic E-state index is -0.682. The number of hydrogen-bond donors (Lipinski definition) is 1. The fourth-order valence-corrected chi connectivity index (χ4v) is 2.31. The second-order valence-corrected chi connectivity index (χ2v) is 6.82. The first-order chi connectivity index (χ1) is 10.5. The Morgan fingerprint density at radius 2 is 1.41 bits per heavy atom. The Balaban J connectivity index is 3.39. The lowest BCUT2D eigenvalue weighted by Gasteiger charge is -2.18. The minimum absolute atomic E-state index is 0.566. The standard InChI is InChI=1S/C20H36O2/c1-4-5-6-7-8-9-10-11-12-13-14-15-16-17-18-20(2,3)19(21)22/h8-9,11-12H,4-7,10,13-18H2,1-3H3,(H,21,22)/b9-8-,12-11-. The molecule has 0 atom stereocenters. The van der Waals surface area contributed by atoms with Crippen LogP contribution in [0.15, 0.2) is 24.3 Å². The molecule has 0 aromatic rings. The summed E-state index contributed by atoms with van der Waals surface area (Å²) in [5.74, 6) is -0.682. The van der Waals surface area contributed by atoms with E-state index in [0.29, 0.717) is 0 Å². The maximum atomic E-state index is 11.0. The van der Waals surface area contributed by atoms with Crippen molar-refractivity contribution >= 4 is 5.97 Å². The zero-order chi connectivity index (χ0) is 16.7. The van der Waals surface area contributed by atoms with Gasteiger partial charge >= 0.3 is 5.97 Å². The Hall–Kier alpha value is -1.05. The van der Waals surface area contributed by atoms with Crippen LogP contribution in [0.4, 0.5) is 0 Å². The van der Waals surface area contributed by atoms with E-state index in [2.05, 4.69) is 31.2 Å². The topological polar surface area (TPSA) is 37.3 Å². The fourth-order valence-electron chi connectivity index (χ4n) is 2.31. The molecule has 0 saturated heterocycles. The maximum absolute atomic E-state index is 11.0. The van der Waals surface area contributed by atoms with Crippen molar-refractivity contribution < 1.29 is 9.90 Å². The first-order valence-corrected chi connectivity index (χ1v) is 9.04. The summed E-state index contributed by atoms with van der Waals surface area (Å²) in [6.07, 6.45) is 21.8. The summed E-state index contributed by atoms with van der Waals surface area (Å²) in [5.41, 5.74) is -0.566. The quantitative estimate of drug-likeness (QED) is 0.293. The number of hydrogen-bond acceptors (Lipinski definition) is 1. The number of rotatable bonds is 14. The highest BCUT2D eigenvalue weighted by Gasteiger charge is 2.25. The van der Waals surface area contributed by atoms with Crippen molar-refractivity contribution in [1.82, 2.24) is 0 Å². The number of carbonyl (C=O) groups is 1. The summed E-state index contributed by atoms with van der Waals surface area (Å²) < 4.78 is 0. The molecule has 0 aromatic heterocycles. The summed E-state index contributed by atoms with van der Waals surface area (Å²) in [4.78, 5) is 11.0. The highest BCUT2D eigenvalue weighted by molar-refractivity contribution is 5.73. The van der Waals surface area contributed by atoms with E-state index in [4.69, 9.17) is 5.11 Å². The lowest BCUT2D eigenvalue weighted by molar-refractivity contribution is -0.147. The Kier molecular flexibility index (Phi) is 13.0. The summed E-state index contributed by atoms with van der Waals surface area (Å²) in [5, 5.41) is 9.03. The van der Waals surface area contributed by atoms with E-state index in [0.717, 1.165) is 32.1 Å². The van der Waals surface area contributed by atoms with Crippen LogP contribution in [0.25, 0.3) is 0 Å². The van der Waals surface area contributed by atoms with Crippen LogP contribution >= 0.6 is 0 Å². The summed E-state index contributed by atoms with van der Waals surface area (Å²) in [6.45, 7) is 5.86. The molecule has 0 spiro atoms. The second-order valence-electron chi connectivity index (χ2n) is 6.82. The minimum Gasteiger partial charge on any atom is -0.481 e. The molecule has 0 aliphatic rings. The summed E-state index contributed by atoms with van der Waals surface area (Å²) >= 11 is 0. The molecule has 0 heterocycles. The van der Waals surface area contributed by atoms with Gasteiger partial charge in [-0.15, -0.1) is 0 Å². The van der Waals surface area contributed by atoms with Crippen LogP contribution in [0, 0.1) is 5.41 Å². The third kappa shape index (κ3) is 12.7. The molecule has 2 heteroatoms. The van der Waals surface area contributed by atoms with Crippen molar-refractivity contribution in [2.75, 3.05) is 0 Å². The van der Waals surface area contributed by atoms with Crippen LogP contribution in [0.2, 0.25) is 0 Å². The monoisotopic (exact) mass is 308 g/mol. The molecule has 0 saturated carbocycles. The zero-order valence-electron chi connectivity index (χ0n) is 14.9. The fraction of sp³-hybridized carbons (Fsp3) is 0.750. The van der Waals surface area contributed by atoms with Gasteiger partial charge in [0, 0.05) is 0 Å². The molecule has 22 heavy (non-hydrogen) atoms. The van der Waals surface area contributed by atoms with Gasteiger partial charge in [0.15, 0.2) is 0 Å². The third-order valence-corrected chi connectivity index (χ3v) is 4.08. The predicted molar refractivity (Wildman–Crippen MR) is 96.2 cm³/mol. The van der Waals surface area contributed by atoms with Crippen molar-refractivity contribution in [3.05, 3.63) is 24.3 Å². The van der Waals surface area contributed by atoms with Gasteiger partial charge in [0.2, 0.25) is 0 Å². The van der Waals surface area contributed by atoms with Gasteiger partial charge in [0.1, 0.15) is 0 Å². The van der Waals surface area contributed by atoms with E-state index in [1.165, 1.54) is 38.5 Å². The largest absolute Gasteiger partial charge is 0.481 e. The molecule has 0 aromatic carbocycles. The Labute approximate surface area is 137 Å². The first kappa shape index (κ1) is 20.9. The molecule has 0 aliphatic carbocycles. The Morgan fingerprint density at radius 1 is 0.864 bits per heavy atom. The Bertz CT molecular complexity index is 327. The number of aliphatic carboxylic acids is 1. The molecule has 0 aliphatic heterocycles. The summed E-state index contributed by atoms with van der Waals surface area (Å²) in [6, 6.07) is 0. The van der Waals surface area contributed by atoms with E-state index >= 15 is 0 Å². The lowest BCUT2D eigenvalue weighted by Crippen LogP contribution is -2.23. The molecule has 1 N–H and O–H groups in total. The van der Waals surface area contributed by atoms with Gasteiger partial charge in [-0.25, -0.2) is 0 Å². The van der Waals surface area contributed by atoms with E-state index < -0.39 is 11.4 Å². The van der Waals surface area contributed by atoms with Crippen molar-refractivity contribution in [1.29, 1.82) is 0 Å².